The smallest absolute Gasteiger partial charge is 0.224 e. The summed E-state index contributed by atoms with van der Waals surface area (Å²) in [7, 11) is 0. The second kappa shape index (κ2) is 7.27. The Balaban J connectivity index is 1.85. The molecule has 2 aromatic rings. The fraction of sp³-hybridized carbons (Fsp3) is 0.412. The predicted molar refractivity (Wildman–Crippen MR) is 95.9 cm³/mol. The molecule has 0 spiro atoms. The molecule has 0 fully saturated rings. The third-order valence-corrected chi connectivity index (χ3v) is 4.52. The molecule has 1 aliphatic heterocycles. The Hall–Kier alpha value is -1.66. The Morgan fingerprint density at radius 3 is 2.91 bits per heavy atom. The van der Waals surface area contributed by atoms with Gasteiger partial charge in [0.2, 0.25) is 5.95 Å². The van der Waals surface area contributed by atoms with Crippen molar-refractivity contribution < 1.29 is 5.11 Å². The first-order valence-corrected chi connectivity index (χ1v) is 8.74. The van der Waals surface area contributed by atoms with Crippen LogP contribution in [-0.2, 0) is 19.4 Å². The molecular weight excluding hydrogens is 356 g/mol. The SMILES string of the molecule is CCc1cc(N2CCc3cc(Br)ccc3C2)nc(NCCO)n1. The number of nitrogens with one attached hydrogen (secondary N) is 1. The number of hydrogen-bond acceptors (Lipinski definition) is 5. The van der Waals surface area contributed by atoms with Crippen LogP contribution in [0, 0.1) is 0 Å². The molecule has 1 aromatic carbocycles. The summed E-state index contributed by atoms with van der Waals surface area (Å²) in [6.45, 7) is 4.43. The van der Waals surface area contributed by atoms with Crippen molar-refractivity contribution in [3.05, 3.63) is 45.6 Å². The lowest BCUT2D eigenvalue weighted by atomic mass is 10.00. The maximum absolute atomic E-state index is 8.97. The molecule has 0 amide bonds. The van der Waals surface area contributed by atoms with Crippen LogP contribution in [0.15, 0.2) is 28.7 Å². The molecule has 0 radical (unpaired) electrons. The lowest BCUT2D eigenvalue weighted by Gasteiger charge is -2.30. The van der Waals surface area contributed by atoms with Gasteiger partial charge in [-0.2, -0.15) is 4.98 Å². The van der Waals surface area contributed by atoms with Crippen LogP contribution in [0.5, 0.6) is 0 Å². The lowest BCUT2D eigenvalue weighted by molar-refractivity contribution is 0.311. The van der Waals surface area contributed by atoms with Crippen molar-refractivity contribution in [3.63, 3.8) is 0 Å². The third-order valence-electron chi connectivity index (χ3n) is 4.03. The molecule has 5 nitrogen and oxygen atoms in total. The minimum absolute atomic E-state index is 0.0704. The third kappa shape index (κ3) is 3.82. The van der Waals surface area contributed by atoms with Crippen molar-refractivity contribution in [3.8, 4) is 0 Å². The summed E-state index contributed by atoms with van der Waals surface area (Å²) in [5, 5.41) is 12.0. The van der Waals surface area contributed by atoms with Gasteiger partial charge in [0.25, 0.3) is 0 Å². The number of anilines is 2. The van der Waals surface area contributed by atoms with E-state index in [1.54, 1.807) is 0 Å². The summed E-state index contributed by atoms with van der Waals surface area (Å²) in [5.74, 6) is 1.54. The van der Waals surface area contributed by atoms with Crippen molar-refractivity contribution in [1.29, 1.82) is 0 Å². The molecule has 122 valence electrons. The molecule has 0 bridgehead atoms. The Morgan fingerprint density at radius 1 is 1.26 bits per heavy atom. The van der Waals surface area contributed by atoms with Crippen LogP contribution >= 0.6 is 15.9 Å². The summed E-state index contributed by atoms with van der Waals surface area (Å²) in [4.78, 5) is 11.4. The van der Waals surface area contributed by atoms with Gasteiger partial charge >= 0.3 is 0 Å². The van der Waals surface area contributed by atoms with E-state index in [9.17, 15) is 0 Å². The molecule has 2 N–H and O–H groups in total. The van der Waals surface area contributed by atoms with Crippen LogP contribution in [0.2, 0.25) is 0 Å². The zero-order valence-corrected chi connectivity index (χ0v) is 14.8. The Kier molecular flexibility index (Phi) is 5.13. The first kappa shape index (κ1) is 16.2. The number of nitrogens with zero attached hydrogens (tertiary/aromatic N) is 3. The average Bonchev–Trinajstić information content (AvgIpc) is 2.59. The van der Waals surface area contributed by atoms with E-state index >= 15 is 0 Å². The minimum atomic E-state index is 0.0704. The molecule has 0 saturated carbocycles. The maximum atomic E-state index is 8.97. The number of hydrogen-bond donors (Lipinski definition) is 2. The maximum Gasteiger partial charge on any atom is 0.224 e. The first-order chi connectivity index (χ1) is 11.2. The highest BCUT2D eigenvalue weighted by Gasteiger charge is 2.19. The molecule has 0 saturated heterocycles. The number of rotatable bonds is 5. The van der Waals surface area contributed by atoms with Gasteiger partial charge in [0.15, 0.2) is 0 Å². The van der Waals surface area contributed by atoms with Gasteiger partial charge in [-0.3, -0.25) is 0 Å². The summed E-state index contributed by atoms with van der Waals surface area (Å²) in [6, 6.07) is 8.54. The van der Waals surface area contributed by atoms with Crippen molar-refractivity contribution in [2.45, 2.75) is 26.3 Å². The highest BCUT2D eigenvalue weighted by Crippen LogP contribution is 2.26. The van der Waals surface area contributed by atoms with Crippen LogP contribution in [-0.4, -0.2) is 34.8 Å². The topological polar surface area (TPSA) is 61.3 Å². The van der Waals surface area contributed by atoms with Crippen molar-refractivity contribution in [1.82, 2.24) is 9.97 Å². The van der Waals surface area contributed by atoms with Gasteiger partial charge in [-0.1, -0.05) is 28.9 Å². The first-order valence-electron chi connectivity index (χ1n) is 7.94. The summed E-state index contributed by atoms with van der Waals surface area (Å²) < 4.78 is 1.13. The van der Waals surface area contributed by atoms with Gasteiger partial charge in [0, 0.05) is 35.9 Å². The number of aliphatic hydroxyl groups excluding tert-OH is 1. The monoisotopic (exact) mass is 376 g/mol. The quantitative estimate of drug-likeness (QED) is 0.839. The largest absolute Gasteiger partial charge is 0.395 e. The summed E-state index contributed by atoms with van der Waals surface area (Å²) in [5.41, 5.74) is 3.76. The van der Waals surface area contributed by atoms with Crippen LogP contribution in [0.25, 0.3) is 0 Å². The van der Waals surface area contributed by atoms with Gasteiger partial charge in [-0.05, 0) is 36.1 Å². The fourth-order valence-electron chi connectivity index (χ4n) is 2.79. The minimum Gasteiger partial charge on any atom is -0.395 e. The number of halogens is 1. The highest BCUT2D eigenvalue weighted by atomic mass is 79.9. The molecular formula is C17H21BrN4O. The van der Waals surface area contributed by atoms with Crippen molar-refractivity contribution >= 4 is 27.7 Å². The molecule has 0 unspecified atom stereocenters. The van der Waals surface area contributed by atoms with Gasteiger partial charge in [0.05, 0.1) is 6.61 Å². The van der Waals surface area contributed by atoms with Gasteiger partial charge < -0.3 is 15.3 Å². The number of aliphatic hydroxyl groups is 1. The van der Waals surface area contributed by atoms with E-state index in [0.29, 0.717) is 12.5 Å². The van der Waals surface area contributed by atoms with Crippen LogP contribution < -0.4 is 10.2 Å². The molecule has 3 rings (SSSR count). The van der Waals surface area contributed by atoms with Gasteiger partial charge in [-0.15, -0.1) is 0 Å². The standard InChI is InChI=1S/C17H21BrN4O/c1-2-15-10-16(21-17(20-15)19-6-8-23)22-7-5-12-9-14(18)4-3-13(12)11-22/h3-4,9-10,23H,2,5-8,11H2,1H3,(H,19,20,21). The summed E-state index contributed by atoms with van der Waals surface area (Å²) >= 11 is 3.54. The van der Waals surface area contributed by atoms with Crippen LogP contribution in [0.3, 0.4) is 0 Å². The zero-order valence-electron chi connectivity index (χ0n) is 13.2. The van der Waals surface area contributed by atoms with Crippen molar-refractivity contribution in [2.75, 3.05) is 29.9 Å². The molecule has 0 atom stereocenters. The van der Waals surface area contributed by atoms with E-state index in [0.717, 1.165) is 41.9 Å². The van der Waals surface area contributed by atoms with Crippen molar-refractivity contribution in [2.24, 2.45) is 0 Å². The second-order valence-electron chi connectivity index (χ2n) is 5.63. The lowest BCUT2D eigenvalue weighted by Crippen LogP contribution is -2.31. The van der Waals surface area contributed by atoms with Gasteiger partial charge in [0.1, 0.15) is 5.82 Å². The second-order valence-corrected chi connectivity index (χ2v) is 6.55. The summed E-state index contributed by atoms with van der Waals surface area (Å²) in [6.07, 6.45) is 1.88. The van der Waals surface area contributed by atoms with E-state index in [2.05, 4.69) is 67.3 Å². The number of aryl methyl sites for hydroxylation is 1. The molecule has 0 aliphatic carbocycles. The highest BCUT2D eigenvalue weighted by molar-refractivity contribution is 9.10. The Bertz CT molecular complexity index is 692. The normalized spacial score (nSPS) is 13.8. The van der Waals surface area contributed by atoms with Gasteiger partial charge in [-0.25, -0.2) is 4.98 Å². The number of aromatic nitrogens is 2. The molecule has 1 aromatic heterocycles. The van der Waals surface area contributed by atoms with Crippen LogP contribution in [0.4, 0.5) is 11.8 Å². The predicted octanol–water partition coefficient (Wildman–Crippen LogP) is 2.77. The molecule has 6 heteroatoms. The van der Waals surface area contributed by atoms with E-state index in [1.807, 2.05) is 0 Å². The van der Waals surface area contributed by atoms with Crippen LogP contribution in [0.1, 0.15) is 23.7 Å². The zero-order chi connectivity index (χ0) is 16.2. The molecule has 2 heterocycles. The molecule has 23 heavy (non-hydrogen) atoms. The number of benzene rings is 1. The fourth-order valence-corrected chi connectivity index (χ4v) is 3.20. The number of fused-ring (bicyclic) bond motifs is 1. The van der Waals surface area contributed by atoms with E-state index in [1.165, 1.54) is 11.1 Å². The Morgan fingerprint density at radius 2 is 2.13 bits per heavy atom. The van der Waals surface area contributed by atoms with E-state index in [4.69, 9.17) is 5.11 Å². The Labute approximate surface area is 144 Å². The molecule has 1 aliphatic rings. The van der Waals surface area contributed by atoms with E-state index < -0.39 is 0 Å². The average molecular weight is 377 g/mol. The van der Waals surface area contributed by atoms with E-state index in [-0.39, 0.29) is 6.61 Å².